The van der Waals surface area contributed by atoms with Crippen LogP contribution in [0.5, 0.6) is 0 Å². The molecule has 2 aliphatic rings. The van der Waals surface area contributed by atoms with E-state index in [-0.39, 0.29) is 19.1 Å². The lowest BCUT2D eigenvalue weighted by Gasteiger charge is -2.38. The van der Waals surface area contributed by atoms with Crippen LogP contribution in [0.2, 0.25) is 19.1 Å². The van der Waals surface area contributed by atoms with Crippen molar-refractivity contribution in [2.75, 3.05) is 13.2 Å². The highest BCUT2D eigenvalue weighted by Crippen LogP contribution is 2.44. The largest absolute Gasteiger partial charge is 0.462 e. The number of hydrogen-bond donors (Lipinski definition) is 0. The topological polar surface area (TPSA) is 52.6 Å². The van der Waals surface area contributed by atoms with E-state index in [9.17, 15) is 9.59 Å². The van der Waals surface area contributed by atoms with Gasteiger partial charge in [-0.05, 0) is 88.0 Å². The number of esters is 2. The molecule has 2 saturated carbocycles. The SMILES string of the molecule is C=C(C)C(=O)OCC(CCC[Si](C)(C)c1ccc(C2CCC(C3CCC(CCCCC)CC3)CC2)cc1)COC(=O)C(=C)C. The van der Waals surface area contributed by atoms with Gasteiger partial charge in [-0.15, -0.1) is 0 Å². The molecule has 44 heavy (non-hydrogen) atoms. The molecule has 0 aromatic heterocycles. The second-order valence-corrected chi connectivity index (χ2v) is 19.8. The molecule has 0 saturated heterocycles. The van der Waals surface area contributed by atoms with Crippen molar-refractivity contribution in [1.29, 1.82) is 0 Å². The first kappa shape index (κ1) is 36.3. The van der Waals surface area contributed by atoms with E-state index in [0.29, 0.717) is 11.1 Å². The molecule has 0 unspecified atom stereocenters. The van der Waals surface area contributed by atoms with Crippen molar-refractivity contribution in [2.45, 2.75) is 136 Å². The number of ether oxygens (including phenoxy) is 2. The molecule has 5 heteroatoms. The molecule has 2 aliphatic carbocycles. The van der Waals surface area contributed by atoms with Crippen LogP contribution in [0.1, 0.15) is 122 Å². The summed E-state index contributed by atoms with van der Waals surface area (Å²) in [4.78, 5) is 23.9. The van der Waals surface area contributed by atoms with Gasteiger partial charge in [-0.25, -0.2) is 9.59 Å². The smallest absolute Gasteiger partial charge is 0.333 e. The van der Waals surface area contributed by atoms with Crippen LogP contribution in [0.4, 0.5) is 0 Å². The van der Waals surface area contributed by atoms with Crippen molar-refractivity contribution in [2.24, 2.45) is 23.7 Å². The Morgan fingerprint density at radius 1 is 0.795 bits per heavy atom. The maximum absolute atomic E-state index is 12.0. The Morgan fingerprint density at radius 2 is 1.32 bits per heavy atom. The molecule has 0 radical (unpaired) electrons. The third-order valence-electron chi connectivity index (χ3n) is 10.7. The normalized spacial score (nSPS) is 22.4. The van der Waals surface area contributed by atoms with Gasteiger partial charge in [-0.3, -0.25) is 0 Å². The van der Waals surface area contributed by atoms with E-state index in [4.69, 9.17) is 9.47 Å². The average molecular weight is 623 g/mol. The van der Waals surface area contributed by atoms with Crippen LogP contribution in [0.25, 0.3) is 0 Å². The van der Waals surface area contributed by atoms with Gasteiger partial charge in [0.15, 0.2) is 0 Å². The Bertz CT molecular complexity index is 1030. The van der Waals surface area contributed by atoms with Crippen molar-refractivity contribution in [1.82, 2.24) is 0 Å². The van der Waals surface area contributed by atoms with E-state index >= 15 is 0 Å². The molecular formula is C39H62O4Si. The molecule has 3 rings (SSSR count). The van der Waals surface area contributed by atoms with Crippen molar-refractivity contribution in [3.63, 3.8) is 0 Å². The summed E-state index contributed by atoms with van der Waals surface area (Å²) in [5.74, 6) is 2.85. The van der Waals surface area contributed by atoms with E-state index in [1.54, 1.807) is 13.8 Å². The summed E-state index contributed by atoms with van der Waals surface area (Å²) in [6, 6.07) is 10.8. The molecule has 0 heterocycles. The molecule has 2 fully saturated rings. The number of unbranched alkanes of at least 4 members (excludes halogenated alkanes) is 2. The molecule has 0 N–H and O–H groups in total. The summed E-state index contributed by atoms with van der Waals surface area (Å²) >= 11 is 0. The third-order valence-corrected chi connectivity index (χ3v) is 14.2. The van der Waals surface area contributed by atoms with E-state index in [2.05, 4.69) is 57.4 Å². The van der Waals surface area contributed by atoms with Gasteiger partial charge in [0.05, 0.1) is 21.3 Å². The average Bonchev–Trinajstić information content (AvgIpc) is 3.02. The van der Waals surface area contributed by atoms with Gasteiger partial charge in [0.25, 0.3) is 0 Å². The Kier molecular flexibility index (Phi) is 15.0. The zero-order valence-corrected chi connectivity index (χ0v) is 29.8. The zero-order chi connectivity index (χ0) is 32.1. The molecule has 0 amide bonds. The minimum atomic E-state index is -1.64. The molecule has 1 aromatic rings. The molecule has 0 bridgehead atoms. The lowest BCUT2D eigenvalue weighted by molar-refractivity contribution is -0.144. The fourth-order valence-electron chi connectivity index (χ4n) is 7.59. The van der Waals surface area contributed by atoms with Crippen LogP contribution in [0.15, 0.2) is 48.6 Å². The third kappa shape index (κ3) is 11.7. The number of rotatable bonds is 17. The van der Waals surface area contributed by atoms with Crippen LogP contribution < -0.4 is 5.19 Å². The highest BCUT2D eigenvalue weighted by molar-refractivity contribution is 6.89. The lowest BCUT2D eigenvalue weighted by Crippen LogP contribution is -2.41. The maximum Gasteiger partial charge on any atom is 0.333 e. The van der Waals surface area contributed by atoms with Crippen LogP contribution >= 0.6 is 0 Å². The van der Waals surface area contributed by atoms with Crippen LogP contribution in [0, 0.1) is 23.7 Å². The lowest BCUT2D eigenvalue weighted by atomic mass is 9.68. The molecule has 0 spiro atoms. The molecular weight excluding hydrogens is 561 g/mol. The first-order valence-corrected chi connectivity index (χ1v) is 21.0. The summed E-state index contributed by atoms with van der Waals surface area (Å²) in [6.45, 7) is 18.3. The number of benzene rings is 1. The van der Waals surface area contributed by atoms with Gasteiger partial charge < -0.3 is 9.47 Å². The summed E-state index contributed by atoms with van der Waals surface area (Å²) in [5.41, 5.74) is 2.29. The fourth-order valence-corrected chi connectivity index (χ4v) is 10.0. The van der Waals surface area contributed by atoms with E-state index < -0.39 is 20.0 Å². The van der Waals surface area contributed by atoms with Crippen molar-refractivity contribution in [3.05, 3.63) is 54.1 Å². The van der Waals surface area contributed by atoms with Crippen LogP contribution in [-0.2, 0) is 19.1 Å². The molecule has 0 atom stereocenters. The maximum atomic E-state index is 12.0. The molecule has 1 aromatic carbocycles. The molecule has 246 valence electrons. The second-order valence-electron chi connectivity index (χ2n) is 14.9. The first-order valence-electron chi connectivity index (χ1n) is 17.8. The predicted octanol–water partition coefficient (Wildman–Crippen LogP) is 9.90. The number of carbonyl (C=O) groups is 2. The Hall–Kier alpha value is -2.14. The van der Waals surface area contributed by atoms with Gasteiger partial charge in [-0.2, -0.15) is 0 Å². The summed E-state index contributed by atoms with van der Waals surface area (Å²) in [5, 5.41) is 1.50. The minimum absolute atomic E-state index is 0.0373. The standard InChI is InChI=1S/C39H62O4Si/c1-8-9-10-12-31-14-16-33(17-15-31)34-18-20-35(21-19-34)36-22-24-37(25-23-36)44(6,7)26-11-13-32(27-42-38(40)29(2)3)28-43-39(41)30(4)5/h22-25,31-35H,2,4,8-21,26-28H2,1,3,5-7H3. The van der Waals surface area contributed by atoms with Gasteiger partial charge >= 0.3 is 11.9 Å². The van der Waals surface area contributed by atoms with Crippen LogP contribution in [-0.4, -0.2) is 33.2 Å². The first-order chi connectivity index (χ1) is 21.0. The Labute approximate surface area is 270 Å². The minimum Gasteiger partial charge on any atom is -0.462 e. The van der Waals surface area contributed by atoms with Gasteiger partial charge in [0.2, 0.25) is 0 Å². The van der Waals surface area contributed by atoms with E-state index in [0.717, 1.165) is 42.6 Å². The van der Waals surface area contributed by atoms with Crippen molar-refractivity contribution in [3.8, 4) is 0 Å². The van der Waals surface area contributed by atoms with E-state index in [1.165, 1.54) is 87.8 Å². The predicted molar refractivity (Wildman–Crippen MR) is 187 cm³/mol. The van der Waals surface area contributed by atoms with Crippen molar-refractivity contribution < 1.29 is 19.1 Å². The Balaban J connectivity index is 1.45. The van der Waals surface area contributed by atoms with Gasteiger partial charge in [0.1, 0.15) is 0 Å². The molecule has 0 aliphatic heterocycles. The summed E-state index contributed by atoms with van der Waals surface area (Å²) in [7, 11) is -1.64. The molecule has 4 nitrogen and oxygen atoms in total. The van der Waals surface area contributed by atoms with Crippen molar-refractivity contribution >= 4 is 25.2 Å². The monoisotopic (exact) mass is 622 g/mol. The fraction of sp³-hybridized carbons (Fsp3) is 0.692. The quantitative estimate of drug-likeness (QED) is 0.0751. The van der Waals surface area contributed by atoms with Gasteiger partial charge in [-0.1, -0.05) is 114 Å². The van der Waals surface area contributed by atoms with Crippen LogP contribution in [0.3, 0.4) is 0 Å². The summed E-state index contributed by atoms with van der Waals surface area (Å²) < 4.78 is 10.8. The highest BCUT2D eigenvalue weighted by atomic mass is 28.3. The van der Waals surface area contributed by atoms with Gasteiger partial charge in [0, 0.05) is 17.1 Å². The number of hydrogen-bond acceptors (Lipinski definition) is 4. The second kappa shape index (κ2) is 18.1. The zero-order valence-electron chi connectivity index (χ0n) is 28.8. The highest BCUT2D eigenvalue weighted by Gasteiger charge is 2.31. The summed E-state index contributed by atoms with van der Waals surface area (Å²) in [6.07, 6.45) is 19.0. The van der Waals surface area contributed by atoms with E-state index in [1.807, 2.05) is 0 Å². The number of carbonyl (C=O) groups excluding carboxylic acids is 2. The Morgan fingerprint density at radius 3 is 1.82 bits per heavy atom.